The van der Waals surface area contributed by atoms with Crippen molar-refractivity contribution in [2.45, 2.75) is 52.0 Å². The number of hydrogen-bond acceptors (Lipinski definition) is 4. The molecule has 1 aromatic rings. The Morgan fingerprint density at radius 1 is 1.11 bits per heavy atom. The summed E-state index contributed by atoms with van der Waals surface area (Å²) in [6.45, 7) is 5.41. The highest BCUT2D eigenvalue weighted by Crippen LogP contribution is 1.98. The largest absolute Gasteiger partial charge is 0.396 e. The van der Waals surface area contributed by atoms with Crippen LogP contribution in [0.4, 0.5) is 0 Å². The zero-order chi connectivity index (χ0) is 13.1. The zero-order valence-electron chi connectivity index (χ0n) is 11.4. The van der Waals surface area contributed by atoms with E-state index in [-0.39, 0.29) is 0 Å². The molecule has 5 heteroatoms. The van der Waals surface area contributed by atoms with E-state index in [1.165, 1.54) is 19.3 Å². The molecule has 2 N–H and O–H groups in total. The summed E-state index contributed by atoms with van der Waals surface area (Å²) in [7, 11) is 0. The van der Waals surface area contributed by atoms with Gasteiger partial charge >= 0.3 is 0 Å². The Morgan fingerprint density at radius 3 is 2.50 bits per heavy atom. The molecule has 0 amide bonds. The van der Waals surface area contributed by atoms with Crippen molar-refractivity contribution in [1.82, 2.24) is 20.3 Å². The topological polar surface area (TPSA) is 63.0 Å². The van der Waals surface area contributed by atoms with Crippen molar-refractivity contribution in [3.05, 3.63) is 11.9 Å². The fourth-order valence-corrected chi connectivity index (χ4v) is 1.87. The predicted octanol–water partition coefficient (Wildman–Crippen LogP) is 1.51. The summed E-state index contributed by atoms with van der Waals surface area (Å²) < 4.78 is 1.91. The molecule has 5 nitrogen and oxygen atoms in total. The second-order valence-corrected chi connectivity index (χ2v) is 4.72. The van der Waals surface area contributed by atoms with Gasteiger partial charge in [0.25, 0.3) is 0 Å². The number of unbranched alkanes of at least 4 members (excludes halogenated alkanes) is 4. The molecule has 104 valence electrons. The Kier molecular flexibility index (Phi) is 8.42. The number of aryl methyl sites for hydroxylation is 2. The molecule has 0 fully saturated rings. The molecule has 0 aliphatic rings. The van der Waals surface area contributed by atoms with Crippen LogP contribution in [0.25, 0.3) is 0 Å². The Hall–Kier alpha value is -0.940. The molecule has 18 heavy (non-hydrogen) atoms. The Bertz CT molecular complexity index is 301. The highest BCUT2D eigenvalue weighted by atomic mass is 16.2. The molecule has 1 aromatic heterocycles. The van der Waals surface area contributed by atoms with Gasteiger partial charge in [0.05, 0.1) is 5.69 Å². The van der Waals surface area contributed by atoms with E-state index in [9.17, 15) is 0 Å². The molecular formula is C13H26N4O. The van der Waals surface area contributed by atoms with E-state index >= 15 is 0 Å². The third-order valence-corrected chi connectivity index (χ3v) is 2.91. The molecule has 0 aliphatic carbocycles. The van der Waals surface area contributed by atoms with Crippen LogP contribution in [0.15, 0.2) is 6.20 Å². The molecule has 0 atom stereocenters. The van der Waals surface area contributed by atoms with Crippen LogP contribution >= 0.6 is 0 Å². The maximum Gasteiger partial charge on any atom is 0.0796 e. The van der Waals surface area contributed by atoms with E-state index in [4.69, 9.17) is 5.11 Å². The maximum absolute atomic E-state index is 8.63. The van der Waals surface area contributed by atoms with Gasteiger partial charge in [-0.3, -0.25) is 4.68 Å². The smallest absolute Gasteiger partial charge is 0.0796 e. The number of nitrogens with zero attached hydrogens (tertiary/aromatic N) is 3. The van der Waals surface area contributed by atoms with E-state index in [0.717, 1.165) is 44.6 Å². The minimum atomic E-state index is 0.329. The first-order valence-electron chi connectivity index (χ1n) is 7.01. The Labute approximate surface area is 110 Å². The molecule has 0 radical (unpaired) electrons. The molecular weight excluding hydrogens is 228 g/mol. The predicted molar refractivity (Wildman–Crippen MR) is 72.4 cm³/mol. The third-order valence-electron chi connectivity index (χ3n) is 2.91. The fraction of sp³-hybridized carbons (Fsp3) is 0.846. The summed E-state index contributed by atoms with van der Waals surface area (Å²) in [5.41, 5.74) is 0.982. The monoisotopic (exact) mass is 254 g/mol. The van der Waals surface area contributed by atoms with Gasteiger partial charge in [-0.25, -0.2) is 0 Å². The van der Waals surface area contributed by atoms with Crippen molar-refractivity contribution in [2.24, 2.45) is 0 Å². The molecule has 0 saturated heterocycles. The number of aliphatic hydroxyl groups is 1. The number of aromatic nitrogens is 3. The summed E-state index contributed by atoms with van der Waals surface area (Å²) in [5, 5.41) is 20.1. The second kappa shape index (κ2) is 10.0. The van der Waals surface area contributed by atoms with Crippen LogP contribution in [0.2, 0.25) is 0 Å². The van der Waals surface area contributed by atoms with Gasteiger partial charge in [0.15, 0.2) is 0 Å². The van der Waals surface area contributed by atoms with Gasteiger partial charge in [0.1, 0.15) is 0 Å². The standard InChI is InChI=1S/C13H26N4O/c1-13-12-17(16-15-13)10-6-5-9-14-8-4-2-3-7-11-18/h12,14,18H,2-11H2,1H3. The first kappa shape index (κ1) is 15.1. The summed E-state index contributed by atoms with van der Waals surface area (Å²) in [6.07, 6.45) is 8.81. The minimum absolute atomic E-state index is 0.329. The average Bonchev–Trinajstić information content (AvgIpc) is 2.77. The molecule has 0 unspecified atom stereocenters. The normalized spacial score (nSPS) is 11.0. The van der Waals surface area contributed by atoms with Gasteiger partial charge in [-0.2, -0.15) is 0 Å². The van der Waals surface area contributed by atoms with Crippen LogP contribution in [0.5, 0.6) is 0 Å². The fourth-order valence-electron chi connectivity index (χ4n) is 1.87. The van der Waals surface area contributed by atoms with Crippen molar-refractivity contribution in [3.8, 4) is 0 Å². The molecule has 1 rings (SSSR count). The molecule has 0 bridgehead atoms. The number of rotatable bonds is 11. The van der Waals surface area contributed by atoms with E-state index in [0.29, 0.717) is 6.61 Å². The Balaban J connectivity index is 1.81. The third kappa shape index (κ3) is 7.40. The lowest BCUT2D eigenvalue weighted by Gasteiger charge is -2.04. The molecule has 0 aliphatic heterocycles. The van der Waals surface area contributed by atoms with Gasteiger partial charge in [0.2, 0.25) is 0 Å². The summed E-state index contributed by atoms with van der Waals surface area (Å²) in [4.78, 5) is 0. The summed E-state index contributed by atoms with van der Waals surface area (Å²) in [5.74, 6) is 0. The zero-order valence-corrected chi connectivity index (χ0v) is 11.4. The number of hydrogen-bond donors (Lipinski definition) is 2. The van der Waals surface area contributed by atoms with Gasteiger partial charge in [-0.1, -0.05) is 18.1 Å². The molecule has 0 aromatic carbocycles. The quantitative estimate of drug-likeness (QED) is 0.588. The van der Waals surface area contributed by atoms with Gasteiger partial charge in [0, 0.05) is 19.3 Å². The first-order valence-corrected chi connectivity index (χ1v) is 7.01. The van der Waals surface area contributed by atoms with E-state index in [2.05, 4.69) is 15.6 Å². The highest BCUT2D eigenvalue weighted by molar-refractivity contribution is 4.86. The van der Waals surface area contributed by atoms with Crippen molar-refractivity contribution in [1.29, 1.82) is 0 Å². The first-order chi connectivity index (χ1) is 8.83. The van der Waals surface area contributed by atoms with Crippen molar-refractivity contribution < 1.29 is 5.11 Å². The van der Waals surface area contributed by atoms with Crippen LogP contribution < -0.4 is 5.32 Å². The van der Waals surface area contributed by atoms with E-state index in [1.54, 1.807) is 0 Å². The maximum atomic E-state index is 8.63. The van der Waals surface area contributed by atoms with Gasteiger partial charge < -0.3 is 10.4 Å². The number of nitrogens with one attached hydrogen (secondary N) is 1. The average molecular weight is 254 g/mol. The lowest BCUT2D eigenvalue weighted by Crippen LogP contribution is -2.17. The van der Waals surface area contributed by atoms with Crippen LogP contribution in [-0.2, 0) is 6.54 Å². The molecule has 0 saturated carbocycles. The van der Waals surface area contributed by atoms with Crippen LogP contribution in [-0.4, -0.2) is 39.8 Å². The van der Waals surface area contributed by atoms with Crippen LogP contribution in [0.1, 0.15) is 44.2 Å². The Morgan fingerprint density at radius 2 is 1.83 bits per heavy atom. The highest BCUT2D eigenvalue weighted by Gasteiger charge is 1.95. The molecule has 0 spiro atoms. The van der Waals surface area contributed by atoms with Crippen molar-refractivity contribution in [3.63, 3.8) is 0 Å². The SMILES string of the molecule is Cc1cn(CCCCNCCCCCCO)nn1. The van der Waals surface area contributed by atoms with E-state index < -0.39 is 0 Å². The van der Waals surface area contributed by atoms with E-state index in [1.807, 2.05) is 17.8 Å². The minimum Gasteiger partial charge on any atom is -0.396 e. The number of aliphatic hydroxyl groups excluding tert-OH is 1. The van der Waals surface area contributed by atoms with Crippen LogP contribution in [0.3, 0.4) is 0 Å². The second-order valence-electron chi connectivity index (χ2n) is 4.72. The van der Waals surface area contributed by atoms with Crippen LogP contribution in [0, 0.1) is 6.92 Å². The lowest BCUT2D eigenvalue weighted by atomic mass is 10.2. The van der Waals surface area contributed by atoms with Crippen molar-refractivity contribution >= 4 is 0 Å². The summed E-state index contributed by atoms with van der Waals surface area (Å²) >= 11 is 0. The van der Waals surface area contributed by atoms with Crippen molar-refractivity contribution in [2.75, 3.05) is 19.7 Å². The van der Waals surface area contributed by atoms with Gasteiger partial charge in [-0.15, -0.1) is 5.10 Å². The lowest BCUT2D eigenvalue weighted by molar-refractivity contribution is 0.282. The molecule has 1 heterocycles. The van der Waals surface area contributed by atoms with Gasteiger partial charge in [-0.05, 0) is 45.7 Å². The summed E-state index contributed by atoms with van der Waals surface area (Å²) in [6, 6.07) is 0.